The lowest BCUT2D eigenvalue weighted by Gasteiger charge is -2.27. The second-order valence-corrected chi connectivity index (χ2v) is 4.58. The molecular formula is C13H17FN2O. The summed E-state index contributed by atoms with van der Waals surface area (Å²) in [6.07, 6.45) is 6.11. The fourth-order valence-electron chi connectivity index (χ4n) is 2.57. The summed E-state index contributed by atoms with van der Waals surface area (Å²) in [4.78, 5) is 16.2. The molecular weight excluding hydrogens is 219 g/mol. The van der Waals surface area contributed by atoms with E-state index in [1.165, 1.54) is 12.3 Å². The van der Waals surface area contributed by atoms with Crippen LogP contribution in [-0.4, -0.2) is 22.9 Å². The average molecular weight is 236 g/mol. The molecule has 2 heterocycles. The Kier molecular flexibility index (Phi) is 3.52. The molecule has 1 aromatic heterocycles. The molecule has 0 amide bonds. The standard InChI is InChI=1S/C13H17FN2O/c1-2-4-13(5-3-6-16-13)12(17)10-7-11(14)9-15-8-10/h7-9,16H,2-6H2,1H3. The number of carbonyl (C=O) groups excluding carboxylic acids is 1. The van der Waals surface area contributed by atoms with Crippen molar-refractivity contribution in [3.05, 3.63) is 29.8 Å². The highest BCUT2D eigenvalue weighted by atomic mass is 19.1. The number of nitrogens with zero attached hydrogens (tertiary/aromatic N) is 1. The third-order valence-corrected chi connectivity index (χ3v) is 3.32. The maximum atomic E-state index is 13.1. The van der Waals surface area contributed by atoms with Crippen molar-refractivity contribution in [3.8, 4) is 0 Å². The van der Waals surface area contributed by atoms with Crippen molar-refractivity contribution in [2.24, 2.45) is 0 Å². The molecule has 0 aromatic carbocycles. The first-order valence-electron chi connectivity index (χ1n) is 6.08. The van der Waals surface area contributed by atoms with Crippen LogP contribution in [0.25, 0.3) is 0 Å². The van der Waals surface area contributed by atoms with E-state index in [2.05, 4.69) is 17.2 Å². The summed E-state index contributed by atoms with van der Waals surface area (Å²) in [5, 5.41) is 3.29. The molecule has 1 saturated heterocycles. The van der Waals surface area contributed by atoms with Crippen LogP contribution in [0.3, 0.4) is 0 Å². The SMILES string of the molecule is CCCC1(C(=O)c2cncc(F)c2)CCCN1. The van der Waals surface area contributed by atoms with Crippen LogP contribution in [0.5, 0.6) is 0 Å². The predicted octanol–water partition coefficient (Wildman–Crippen LogP) is 2.33. The number of carbonyl (C=O) groups is 1. The van der Waals surface area contributed by atoms with Crippen LogP contribution < -0.4 is 5.32 Å². The first-order valence-corrected chi connectivity index (χ1v) is 6.08. The van der Waals surface area contributed by atoms with Crippen LogP contribution in [0.15, 0.2) is 18.5 Å². The number of ketones is 1. The average Bonchev–Trinajstić information content (AvgIpc) is 2.78. The monoisotopic (exact) mass is 236 g/mol. The van der Waals surface area contributed by atoms with Crippen molar-refractivity contribution in [2.45, 2.75) is 38.1 Å². The number of pyridine rings is 1. The molecule has 1 fully saturated rings. The molecule has 1 aliphatic heterocycles. The minimum absolute atomic E-state index is 0.0242. The predicted molar refractivity (Wildman–Crippen MR) is 63.4 cm³/mol. The third-order valence-electron chi connectivity index (χ3n) is 3.32. The Balaban J connectivity index is 2.28. The normalized spacial score (nSPS) is 23.9. The van der Waals surface area contributed by atoms with Crippen LogP contribution in [0, 0.1) is 5.82 Å². The van der Waals surface area contributed by atoms with Crippen LogP contribution in [0.1, 0.15) is 43.0 Å². The van der Waals surface area contributed by atoms with Gasteiger partial charge in [0.1, 0.15) is 5.82 Å². The minimum Gasteiger partial charge on any atom is -0.305 e. The highest BCUT2D eigenvalue weighted by Crippen LogP contribution is 2.28. The maximum absolute atomic E-state index is 13.1. The number of rotatable bonds is 4. The third kappa shape index (κ3) is 2.36. The van der Waals surface area contributed by atoms with E-state index < -0.39 is 11.4 Å². The molecule has 2 rings (SSSR count). The fourth-order valence-corrected chi connectivity index (χ4v) is 2.57. The van der Waals surface area contributed by atoms with Gasteiger partial charge in [0, 0.05) is 11.8 Å². The number of Topliss-reactive ketones (excluding diaryl/α,β-unsaturated/α-hetero) is 1. The molecule has 17 heavy (non-hydrogen) atoms. The molecule has 0 saturated carbocycles. The topological polar surface area (TPSA) is 42.0 Å². The van der Waals surface area contributed by atoms with Gasteiger partial charge in [-0.05, 0) is 31.9 Å². The second-order valence-electron chi connectivity index (χ2n) is 4.58. The number of hydrogen-bond donors (Lipinski definition) is 1. The summed E-state index contributed by atoms with van der Waals surface area (Å²) in [6, 6.07) is 1.27. The zero-order valence-corrected chi connectivity index (χ0v) is 10.0. The van der Waals surface area contributed by atoms with Crippen LogP contribution in [-0.2, 0) is 0 Å². The maximum Gasteiger partial charge on any atom is 0.184 e. The number of hydrogen-bond acceptors (Lipinski definition) is 3. The summed E-state index contributed by atoms with van der Waals surface area (Å²) in [5.41, 5.74) is -0.127. The minimum atomic E-state index is -0.496. The van der Waals surface area contributed by atoms with Gasteiger partial charge < -0.3 is 5.32 Å². The summed E-state index contributed by atoms with van der Waals surface area (Å²) in [7, 11) is 0. The zero-order valence-electron chi connectivity index (χ0n) is 10.0. The lowest BCUT2D eigenvalue weighted by molar-refractivity contribution is 0.0857. The van der Waals surface area contributed by atoms with Crippen molar-refractivity contribution in [1.82, 2.24) is 10.3 Å². The summed E-state index contributed by atoms with van der Waals surface area (Å²) >= 11 is 0. The van der Waals surface area contributed by atoms with Gasteiger partial charge in [-0.1, -0.05) is 13.3 Å². The van der Waals surface area contributed by atoms with Crippen molar-refractivity contribution in [1.29, 1.82) is 0 Å². The van der Waals surface area contributed by atoms with Crippen molar-refractivity contribution in [3.63, 3.8) is 0 Å². The van der Waals surface area contributed by atoms with E-state index in [4.69, 9.17) is 0 Å². The van der Waals surface area contributed by atoms with Crippen LogP contribution in [0.4, 0.5) is 4.39 Å². The quantitative estimate of drug-likeness (QED) is 0.816. The number of nitrogens with one attached hydrogen (secondary N) is 1. The first kappa shape index (κ1) is 12.2. The Hall–Kier alpha value is -1.29. The van der Waals surface area contributed by atoms with E-state index in [1.54, 1.807) is 0 Å². The van der Waals surface area contributed by atoms with Gasteiger partial charge in [0.15, 0.2) is 5.78 Å². The number of aromatic nitrogens is 1. The molecule has 1 unspecified atom stereocenters. The van der Waals surface area contributed by atoms with E-state index in [0.29, 0.717) is 5.56 Å². The van der Waals surface area contributed by atoms with Gasteiger partial charge in [-0.2, -0.15) is 0 Å². The van der Waals surface area contributed by atoms with E-state index in [-0.39, 0.29) is 5.78 Å². The second kappa shape index (κ2) is 4.92. The van der Waals surface area contributed by atoms with Crippen LogP contribution >= 0.6 is 0 Å². The van der Waals surface area contributed by atoms with E-state index >= 15 is 0 Å². The molecule has 4 heteroatoms. The smallest absolute Gasteiger partial charge is 0.184 e. The Morgan fingerprint density at radius 3 is 3.00 bits per heavy atom. The van der Waals surface area contributed by atoms with Crippen molar-refractivity contribution < 1.29 is 9.18 Å². The molecule has 1 aliphatic rings. The molecule has 92 valence electrons. The lowest BCUT2D eigenvalue weighted by Crippen LogP contribution is -2.47. The van der Waals surface area contributed by atoms with E-state index in [0.717, 1.165) is 38.4 Å². The number of halogens is 1. The molecule has 1 aromatic rings. The van der Waals surface area contributed by atoms with Crippen molar-refractivity contribution >= 4 is 5.78 Å². The van der Waals surface area contributed by atoms with Crippen LogP contribution in [0.2, 0.25) is 0 Å². The molecule has 1 atom stereocenters. The zero-order chi connectivity index (χ0) is 12.3. The van der Waals surface area contributed by atoms with E-state index in [1.807, 2.05) is 0 Å². The van der Waals surface area contributed by atoms with Gasteiger partial charge in [-0.25, -0.2) is 4.39 Å². The van der Waals surface area contributed by atoms with E-state index in [9.17, 15) is 9.18 Å². The molecule has 1 N–H and O–H groups in total. The first-order chi connectivity index (χ1) is 8.18. The highest BCUT2D eigenvalue weighted by Gasteiger charge is 2.40. The largest absolute Gasteiger partial charge is 0.305 e. The summed E-state index contributed by atoms with van der Waals surface area (Å²) in [6.45, 7) is 2.91. The van der Waals surface area contributed by atoms with Gasteiger partial charge in [0.25, 0.3) is 0 Å². The Morgan fingerprint density at radius 2 is 2.41 bits per heavy atom. The Morgan fingerprint density at radius 1 is 1.59 bits per heavy atom. The van der Waals surface area contributed by atoms with Crippen molar-refractivity contribution in [2.75, 3.05) is 6.54 Å². The van der Waals surface area contributed by atoms with Gasteiger partial charge in [-0.3, -0.25) is 9.78 Å². The fraction of sp³-hybridized carbons (Fsp3) is 0.538. The van der Waals surface area contributed by atoms with Gasteiger partial charge >= 0.3 is 0 Å². The summed E-state index contributed by atoms with van der Waals surface area (Å²) in [5.74, 6) is -0.482. The summed E-state index contributed by atoms with van der Waals surface area (Å²) < 4.78 is 13.1. The van der Waals surface area contributed by atoms with Gasteiger partial charge in [-0.15, -0.1) is 0 Å². The highest BCUT2D eigenvalue weighted by molar-refractivity contribution is 6.03. The van der Waals surface area contributed by atoms with Gasteiger partial charge in [0.05, 0.1) is 11.7 Å². The molecule has 0 radical (unpaired) electrons. The lowest BCUT2D eigenvalue weighted by atomic mass is 9.84. The van der Waals surface area contributed by atoms with Gasteiger partial charge in [0.2, 0.25) is 0 Å². The molecule has 3 nitrogen and oxygen atoms in total. The Labute approximate surface area is 100 Å². The molecule has 0 aliphatic carbocycles. The molecule has 0 spiro atoms. The Bertz CT molecular complexity index is 414. The molecule has 0 bridgehead atoms.